The summed E-state index contributed by atoms with van der Waals surface area (Å²) in [6.07, 6.45) is 8.27. The minimum absolute atomic E-state index is 0.0249. The van der Waals surface area contributed by atoms with E-state index >= 15 is 0 Å². The maximum Gasteiger partial charge on any atom is 0.130 e. The second kappa shape index (κ2) is 8.37. The van der Waals surface area contributed by atoms with Gasteiger partial charge in [-0.15, -0.1) is 0 Å². The molecular weight excluding hydrogens is 452 g/mol. The molecule has 0 aliphatic heterocycles. The molecule has 5 rings (SSSR count). The number of carbonyl (C=O) groups excluding carboxylic acids is 1. The summed E-state index contributed by atoms with van der Waals surface area (Å²) in [7, 11) is 0. The van der Waals surface area contributed by atoms with Crippen molar-refractivity contribution in [1.82, 2.24) is 0 Å². The van der Waals surface area contributed by atoms with Crippen LogP contribution in [0.15, 0.2) is 11.6 Å². The molecule has 0 bridgehead atoms. The zero-order chi connectivity index (χ0) is 26.5. The zero-order valence-electron chi connectivity index (χ0n) is 23.4. The highest BCUT2D eigenvalue weighted by molar-refractivity contribution is 5.76. The fourth-order valence-corrected chi connectivity index (χ4v) is 10.8. The first-order valence-corrected chi connectivity index (χ1v) is 14.5. The normalized spacial score (nSPS) is 53.8. The van der Waals surface area contributed by atoms with Crippen LogP contribution in [0.5, 0.6) is 0 Å². The molecule has 0 spiro atoms. The number of Topliss-reactive ketones (excluding diaryl/α,β-unsaturated/α-hetero) is 1. The van der Waals surface area contributed by atoms with Crippen molar-refractivity contribution in [2.45, 2.75) is 118 Å². The molecule has 4 fully saturated rings. The van der Waals surface area contributed by atoms with Crippen LogP contribution in [0, 0.1) is 50.7 Å². The van der Waals surface area contributed by atoms with Gasteiger partial charge in [-0.05, 0) is 97.7 Å². The molecule has 0 amide bonds. The van der Waals surface area contributed by atoms with Gasteiger partial charge in [-0.3, -0.25) is 0 Å². The minimum atomic E-state index is -0.899. The number of ketones is 1. The van der Waals surface area contributed by atoms with Crippen molar-refractivity contribution in [3.05, 3.63) is 11.6 Å². The molecule has 4 saturated carbocycles. The van der Waals surface area contributed by atoms with Crippen molar-refractivity contribution in [1.29, 1.82) is 0 Å². The van der Waals surface area contributed by atoms with Crippen molar-refractivity contribution < 1.29 is 25.2 Å². The van der Waals surface area contributed by atoms with Crippen LogP contribution in [0.4, 0.5) is 0 Å². The summed E-state index contributed by atoms with van der Waals surface area (Å²) in [5.41, 5.74) is 0.196. The van der Waals surface area contributed by atoms with Gasteiger partial charge in [0.1, 0.15) is 5.78 Å². The lowest BCUT2D eigenvalue weighted by molar-refractivity contribution is -0.225. The summed E-state index contributed by atoms with van der Waals surface area (Å²) in [5.74, 6) is 1.23. The van der Waals surface area contributed by atoms with Crippen LogP contribution < -0.4 is 0 Å². The number of carbonyl (C=O) groups is 1. The molecule has 5 aliphatic carbocycles. The Kier molecular flexibility index (Phi) is 6.24. The van der Waals surface area contributed by atoms with E-state index in [1.807, 2.05) is 6.92 Å². The number of fused-ring (bicyclic) bond motifs is 7. The van der Waals surface area contributed by atoms with Crippen molar-refractivity contribution >= 4 is 5.78 Å². The number of aliphatic hydroxyl groups excluding tert-OH is 4. The van der Waals surface area contributed by atoms with Crippen LogP contribution in [0.2, 0.25) is 0 Å². The fraction of sp³-hybridized carbons (Fsp3) is 0.903. The highest BCUT2D eigenvalue weighted by atomic mass is 16.3. The first-order valence-electron chi connectivity index (χ1n) is 14.5. The summed E-state index contributed by atoms with van der Waals surface area (Å²) in [6.45, 7) is 12.7. The summed E-state index contributed by atoms with van der Waals surface area (Å²) >= 11 is 0. The number of allylic oxidation sites excluding steroid dienone is 1. The number of hydrogen-bond donors (Lipinski definition) is 4. The topological polar surface area (TPSA) is 98.0 Å². The van der Waals surface area contributed by atoms with Crippen molar-refractivity contribution in [2.24, 2.45) is 50.7 Å². The molecule has 36 heavy (non-hydrogen) atoms. The summed E-state index contributed by atoms with van der Waals surface area (Å²) in [5, 5.41) is 44.1. The molecular formula is C31H50O5. The summed E-state index contributed by atoms with van der Waals surface area (Å²) < 4.78 is 0. The molecule has 204 valence electrons. The molecule has 0 heterocycles. The number of hydrogen-bond acceptors (Lipinski definition) is 5. The molecule has 0 aromatic carbocycles. The van der Waals surface area contributed by atoms with Gasteiger partial charge in [0.15, 0.2) is 0 Å². The Balaban J connectivity index is 1.57. The third-order valence-electron chi connectivity index (χ3n) is 12.9. The van der Waals surface area contributed by atoms with Crippen LogP contribution in [-0.4, -0.2) is 51.1 Å². The quantitative estimate of drug-likeness (QED) is 0.421. The van der Waals surface area contributed by atoms with Gasteiger partial charge < -0.3 is 25.2 Å². The van der Waals surface area contributed by atoms with E-state index in [2.05, 4.69) is 33.8 Å². The number of aliphatic hydroxyl groups is 4. The van der Waals surface area contributed by atoms with Crippen LogP contribution in [-0.2, 0) is 4.79 Å². The minimum Gasteiger partial charge on any atom is -0.396 e. The molecule has 5 aliphatic rings. The van der Waals surface area contributed by atoms with E-state index in [1.165, 1.54) is 5.57 Å². The van der Waals surface area contributed by atoms with Crippen molar-refractivity contribution in [3.8, 4) is 0 Å². The lowest BCUT2D eigenvalue weighted by atomic mass is 9.37. The van der Waals surface area contributed by atoms with Gasteiger partial charge >= 0.3 is 0 Å². The Morgan fingerprint density at radius 1 is 0.944 bits per heavy atom. The molecule has 0 radical (unpaired) electrons. The molecule has 0 saturated heterocycles. The highest BCUT2D eigenvalue weighted by Gasteiger charge is 2.67. The van der Waals surface area contributed by atoms with E-state index in [0.29, 0.717) is 24.7 Å². The van der Waals surface area contributed by atoms with E-state index in [9.17, 15) is 25.2 Å². The van der Waals surface area contributed by atoms with Gasteiger partial charge in [0.25, 0.3) is 0 Å². The van der Waals surface area contributed by atoms with E-state index in [0.717, 1.165) is 44.9 Å². The van der Waals surface area contributed by atoms with Gasteiger partial charge in [0.05, 0.1) is 24.9 Å². The Labute approximate surface area is 217 Å². The molecule has 11 atom stereocenters. The molecule has 11 unspecified atom stereocenters. The molecule has 0 aromatic heterocycles. The predicted octanol–water partition coefficient (Wildman–Crippen LogP) is 4.65. The van der Waals surface area contributed by atoms with Crippen LogP contribution in [0.1, 0.15) is 99.3 Å². The standard InChI is InChI=1S/C31H50O5/c1-18(33)15-31-13-11-27(2,3)26(36)24(31)21-8-7-20-19(28(21,4)12-14-31)9-10-23-29(20,5)16-22(34)25(35)30(23,6)17-32/h8,19-20,22-26,32,34-36H,7,9-17H2,1-6H3. The Hall–Kier alpha value is -0.750. The zero-order valence-corrected chi connectivity index (χ0v) is 23.4. The van der Waals surface area contributed by atoms with E-state index in [-0.39, 0.29) is 45.9 Å². The van der Waals surface area contributed by atoms with Crippen molar-refractivity contribution in [3.63, 3.8) is 0 Å². The van der Waals surface area contributed by atoms with E-state index in [4.69, 9.17) is 0 Å². The third kappa shape index (κ3) is 3.44. The van der Waals surface area contributed by atoms with Gasteiger partial charge in [-0.25, -0.2) is 0 Å². The average molecular weight is 503 g/mol. The lowest BCUT2D eigenvalue weighted by Crippen LogP contribution is -2.66. The molecule has 5 nitrogen and oxygen atoms in total. The molecule has 4 N–H and O–H groups in total. The van der Waals surface area contributed by atoms with E-state index < -0.39 is 23.7 Å². The maximum absolute atomic E-state index is 12.5. The second-order valence-electron chi connectivity index (χ2n) is 15.2. The first kappa shape index (κ1) is 26.8. The van der Waals surface area contributed by atoms with Crippen LogP contribution in [0.3, 0.4) is 0 Å². The van der Waals surface area contributed by atoms with Gasteiger partial charge in [0, 0.05) is 17.8 Å². The van der Waals surface area contributed by atoms with Gasteiger partial charge in [0.2, 0.25) is 0 Å². The highest BCUT2D eigenvalue weighted by Crippen LogP contribution is 2.72. The fourth-order valence-electron chi connectivity index (χ4n) is 10.8. The summed E-state index contributed by atoms with van der Waals surface area (Å²) in [6, 6.07) is 0. The molecule has 0 aromatic rings. The van der Waals surface area contributed by atoms with Crippen molar-refractivity contribution in [2.75, 3.05) is 6.61 Å². The lowest BCUT2D eigenvalue weighted by Gasteiger charge is -2.68. The second-order valence-corrected chi connectivity index (χ2v) is 15.2. The van der Waals surface area contributed by atoms with E-state index in [1.54, 1.807) is 6.92 Å². The van der Waals surface area contributed by atoms with Crippen LogP contribution >= 0.6 is 0 Å². The Bertz CT molecular complexity index is 941. The third-order valence-corrected chi connectivity index (χ3v) is 12.9. The smallest absolute Gasteiger partial charge is 0.130 e. The largest absolute Gasteiger partial charge is 0.396 e. The molecule has 5 heteroatoms. The summed E-state index contributed by atoms with van der Waals surface area (Å²) in [4.78, 5) is 12.5. The monoisotopic (exact) mass is 502 g/mol. The van der Waals surface area contributed by atoms with Gasteiger partial charge in [-0.1, -0.05) is 46.3 Å². The average Bonchev–Trinajstić information content (AvgIpc) is 2.80. The Morgan fingerprint density at radius 2 is 1.61 bits per heavy atom. The Morgan fingerprint density at radius 3 is 2.25 bits per heavy atom. The van der Waals surface area contributed by atoms with Gasteiger partial charge in [-0.2, -0.15) is 0 Å². The van der Waals surface area contributed by atoms with Crippen LogP contribution in [0.25, 0.3) is 0 Å². The SMILES string of the molecule is CC(=O)CC12CCC(C)(C)C(O)C1C1=CCC3C(CCC4C(C)(CO)C(O)C(O)CC34C)C1(C)CC2. The first-order chi connectivity index (χ1) is 16.7. The number of rotatable bonds is 3. The maximum atomic E-state index is 12.5. The predicted molar refractivity (Wildman–Crippen MR) is 140 cm³/mol.